The second kappa shape index (κ2) is 7.47. The molecule has 0 aliphatic heterocycles. The molecular weight excluding hydrogens is 378 g/mol. The molecule has 0 saturated heterocycles. The Labute approximate surface area is 165 Å². The topological polar surface area (TPSA) is 98.7 Å². The summed E-state index contributed by atoms with van der Waals surface area (Å²) in [5, 5.41) is 16.3. The SMILES string of the molecule is Cc1ccc(C(C)Nc2c(Nc3cccc(C(=O)N(C)C)c3O)c(=O)c2=O)s1. The van der Waals surface area contributed by atoms with Gasteiger partial charge in [-0.1, -0.05) is 6.07 Å². The number of nitrogens with one attached hydrogen (secondary N) is 2. The molecule has 1 amide bonds. The van der Waals surface area contributed by atoms with Crippen molar-refractivity contribution in [3.8, 4) is 5.75 Å². The second-order valence-corrected chi connectivity index (χ2v) is 8.07. The van der Waals surface area contributed by atoms with Gasteiger partial charge in [0.05, 0.1) is 17.3 Å². The number of phenolic OH excluding ortho intramolecular Hbond substituents is 1. The molecule has 7 nitrogen and oxygen atoms in total. The van der Waals surface area contributed by atoms with Crippen molar-refractivity contribution in [3.05, 3.63) is 66.1 Å². The van der Waals surface area contributed by atoms with Crippen molar-refractivity contribution in [1.29, 1.82) is 0 Å². The molecule has 3 N–H and O–H groups in total. The molecule has 2 aromatic carbocycles. The molecule has 0 bridgehead atoms. The van der Waals surface area contributed by atoms with Crippen molar-refractivity contribution in [2.24, 2.45) is 0 Å². The maximum atomic E-state index is 12.2. The van der Waals surface area contributed by atoms with Crippen LogP contribution in [0.2, 0.25) is 0 Å². The summed E-state index contributed by atoms with van der Waals surface area (Å²) in [5.41, 5.74) is -0.737. The molecular formula is C20H21N3O4S. The Morgan fingerprint density at radius 3 is 2.39 bits per heavy atom. The van der Waals surface area contributed by atoms with E-state index in [-0.39, 0.29) is 40.3 Å². The fourth-order valence-electron chi connectivity index (χ4n) is 2.81. The monoisotopic (exact) mass is 399 g/mol. The van der Waals surface area contributed by atoms with Gasteiger partial charge in [0.15, 0.2) is 5.75 Å². The van der Waals surface area contributed by atoms with Gasteiger partial charge in [0.25, 0.3) is 16.8 Å². The number of thiophene rings is 1. The van der Waals surface area contributed by atoms with Crippen molar-refractivity contribution in [2.45, 2.75) is 19.9 Å². The number of benzene rings is 1. The molecule has 1 unspecified atom stereocenters. The van der Waals surface area contributed by atoms with Crippen LogP contribution in [0.1, 0.15) is 33.1 Å². The van der Waals surface area contributed by atoms with Gasteiger partial charge in [0.1, 0.15) is 11.4 Å². The average Bonchev–Trinajstić information content (AvgIpc) is 3.11. The zero-order valence-corrected chi connectivity index (χ0v) is 16.8. The van der Waals surface area contributed by atoms with Crippen molar-refractivity contribution < 1.29 is 9.90 Å². The Morgan fingerprint density at radius 2 is 1.79 bits per heavy atom. The quantitative estimate of drug-likeness (QED) is 0.435. The summed E-state index contributed by atoms with van der Waals surface area (Å²) >= 11 is 1.61. The van der Waals surface area contributed by atoms with Crippen LogP contribution in [-0.4, -0.2) is 30.0 Å². The second-order valence-electron chi connectivity index (χ2n) is 6.75. The molecule has 8 heteroatoms. The number of carbonyl (C=O) groups is 1. The maximum Gasteiger partial charge on any atom is 0.257 e. The first-order valence-corrected chi connectivity index (χ1v) is 9.49. The van der Waals surface area contributed by atoms with Gasteiger partial charge < -0.3 is 20.6 Å². The summed E-state index contributed by atoms with van der Waals surface area (Å²) in [6.07, 6.45) is 0. The van der Waals surface area contributed by atoms with E-state index in [4.69, 9.17) is 0 Å². The van der Waals surface area contributed by atoms with E-state index in [1.807, 2.05) is 26.0 Å². The molecule has 0 fully saturated rings. The normalized spacial score (nSPS) is 12.0. The number of rotatable bonds is 6. The van der Waals surface area contributed by atoms with Gasteiger partial charge in [0, 0.05) is 23.8 Å². The smallest absolute Gasteiger partial charge is 0.257 e. The van der Waals surface area contributed by atoms with E-state index in [1.165, 1.54) is 17.0 Å². The van der Waals surface area contributed by atoms with Crippen LogP contribution in [0, 0.1) is 6.92 Å². The fourth-order valence-corrected chi connectivity index (χ4v) is 3.69. The van der Waals surface area contributed by atoms with Crippen molar-refractivity contribution in [1.82, 2.24) is 4.90 Å². The third-order valence-electron chi connectivity index (χ3n) is 4.39. The average molecular weight is 399 g/mol. The minimum atomic E-state index is -0.666. The predicted molar refractivity (Wildman–Crippen MR) is 112 cm³/mol. The molecule has 0 radical (unpaired) electrons. The van der Waals surface area contributed by atoms with Crippen molar-refractivity contribution in [2.75, 3.05) is 24.7 Å². The Bertz CT molecular complexity index is 1110. The van der Waals surface area contributed by atoms with Crippen molar-refractivity contribution in [3.63, 3.8) is 0 Å². The number of phenols is 1. The maximum absolute atomic E-state index is 12.2. The van der Waals surface area contributed by atoms with Crippen molar-refractivity contribution >= 4 is 34.3 Å². The minimum Gasteiger partial charge on any atom is -0.505 e. The lowest BCUT2D eigenvalue weighted by Crippen LogP contribution is -2.37. The molecule has 0 aliphatic rings. The highest BCUT2D eigenvalue weighted by atomic mass is 32.1. The molecule has 28 heavy (non-hydrogen) atoms. The summed E-state index contributed by atoms with van der Waals surface area (Å²) in [6.45, 7) is 3.90. The van der Waals surface area contributed by atoms with Gasteiger partial charge in [-0.2, -0.15) is 0 Å². The highest BCUT2D eigenvalue weighted by Crippen LogP contribution is 2.33. The van der Waals surface area contributed by atoms with Crippen LogP contribution in [0.25, 0.3) is 0 Å². The number of aryl methyl sites for hydroxylation is 1. The first-order valence-electron chi connectivity index (χ1n) is 8.67. The number of nitrogens with zero attached hydrogens (tertiary/aromatic N) is 1. The summed E-state index contributed by atoms with van der Waals surface area (Å²) in [4.78, 5) is 39.8. The highest BCUT2D eigenvalue weighted by molar-refractivity contribution is 7.12. The van der Waals surface area contributed by atoms with Crippen LogP contribution in [0.4, 0.5) is 17.1 Å². The first kappa shape index (κ1) is 19.6. The number of hydrogen-bond donors (Lipinski definition) is 3. The summed E-state index contributed by atoms with van der Waals surface area (Å²) in [6, 6.07) is 8.43. The van der Waals surface area contributed by atoms with Gasteiger partial charge >= 0.3 is 0 Å². The number of anilines is 3. The first-order chi connectivity index (χ1) is 13.2. The molecule has 3 aromatic rings. The Balaban J connectivity index is 1.88. The van der Waals surface area contributed by atoms with E-state index in [1.54, 1.807) is 31.5 Å². The van der Waals surface area contributed by atoms with Crippen LogP contribution < -0.4 is 21.5 Å². The molecule has 3 rings (SSSR count). The molecule has 0 spiro atoms. The van der Waals surface area contributed by atoms with E-state index < -0.39 is 10.9 Å². The van der Waals surface area contributed by atoms with Gasteiger partial charge in [-0.05, 0) is 38.1 Å². The third-order valence-corrected chi connectivity index (χ3v) is 5.57. The highest BCUT2D eigenvalue weighted by Gasteiger charge is 2.25. The number of para-hydroxylation sites is 1. The summed E-state index contributed by atoms with van der Waals surface area (Å²) in [5.74, 6) is -0.645. The molecule has 146 valence electrons. The van der Waals surface area contributed by atoms with Crippen LogP contribution in [0.5, 0.6) is 5.75 Å². The van der Waals surface area contributed by atoms with Gasteiger partial charge in [-0.15, -0.1) is 11.3 Å². The van der Waals surface area contributed by atoms with Crippen LogP contribution in [-0.2, 0) is 0 Å². The number of hydrogen-bond acceptors (Lipinski definition) is 7. The predicted octanol–water partition coefficient (Wildman–Crippen LogP) is 2.98. The van der Waals surface area contributed by atoms with E-state index in [0.717, 1.165) is 9.75 Å². The van der Waals surface area contributed by atoms with E-state index >= 15 is 0 Å². The molecule has 1 heterocycles. The van der Waals surface area contributed by atoms with Crippen LogP contribution in [0.15, 0.2) is 39.9 Å². The number of carbonyl (C=O) groups excluding carboxylic acids is 1. The zero-order valence-electron chi connectivity index (χ0n) is 16.0. The standard InChI is InChI=1S/C20H21N3O4S/c1-10-8-9-14(28-10)11(2)21-15-16(19(26)18(15)25)22-13-7-5-6-12(17(13)24)20(27)23(3)4/h5-9,11,21-22,24H,1-4H3. The molecule has 1 aromatic heterocycles. The zero-order chi connectivity index (χ0) is 20.6. The molecule has 1 atom stereocenters. The van der Waals surface area contributed by atoms with Gasteiger partial charge in [0.2, 0.25) is 0 Å². The molecule has 0 aliphatic carbocycles. The minimum absolute atomic E-state index is 0.0786. The lowest BCUT2D eigenvalue weighted by Gasteiger charge is -2.20. The molecule has 0 saturated carbocycles. The van der Waals surface area contributed by atoms with Gasteiger partial charge in [-0.3, -0.25) is 14.4 Å². The Kier molecular flexibility index (Phi) is 5.24. The van der Waals surface area contributed by atoms with E-state index in [9.17, 15) is 19.5 Å². The van der Waals surface area contributed by atoms with E-state index in [0.29, 0.717) is 0 Å². The lowest BCUT2D eigenvalue weighted by atomic mass is 10.1. The Hall–Kier alpha value is -3.13. The van der Waals surface area contributed by atoms with Gasteiger partial charge in [-0.25, -0.2) is 0 Å². The third kappa shape index (κ3) is 3.50. The fraction of sp³-hybridized carbons (Fsp3) is 0.250. The largest absolute Gasteiger partial charge is 0.505 e. The summed E-state index contributed by atoms with van der Waals surface area (Å²) < 4.78 is 0. The van der Waals surface area contributed by atoms with Crippen LogP contribution >= 0.6 is 11.3 Å². The summed E-state index contributed by atoms with van der Waals surface area (Å²) in [7, 11) is 3.16. The van der Waals surface area contributed by atoms with E-state index in [2.05, 4.69) is 10.6 Å². The number of aromatic hydroxyl groups is 1. The Morgan fingerprint density at radius 1 is 1.11 bits per heavy atom. The number of amides is 1. The lowest BCUT2D eigenvalue weighted by molar-refractivity contribution is 0.0824. The van der Waals surface area contributed by atoms with Crippen LogP contribution in [0.3, 0.4) is 0 Å².